The monoisotopic (exact) mass is 463 g/mol. The Bertz CT molecular complexity index is 969. The predicted molar refractivity (Wildman–Crippen MR) is 146 cm³/mol. The molecule has 1 aliphatic carbocycles. The van der Waals surface area contributed by atoms with Gasteiger partial charge in [0, 0.05) is 37.1 Å². The van der Waals surface area contributed by atoms with Crippen LogP contribution in [-0.2, 0) is 13.0 Å². The highest BCUT2D eigenvalue weighted by atomic mass is 32.1. The van der Waals surface area contributed by atoms with E-state index in [2.05, 4.69) is 79.2 Å². The highest BCUT2D eigenvalue weighted by Gasteiger charge is 2.29. The van der Waals surface area contributed by atoms with Crippen LogP contribution in [0.3, 0.4) is 0 Å². The Labute approximate surface area is 206 Å². The van der Waals surface area contributed by atoms with Gasteiger partial charge in [0.25, 0.3) is 0 Å². The fourth-order valence-corrected chi connectivity index (χ4v) is 6.08. The Morgan fingerprint density at radius 1 is 1.09 bits per heavy atom. The Morgan fingerprint density at radius 3 is 2.67 bits per heavy atom. The van der Waals surface area contributed by atoms with E-state index in [0.717, 1.165) is 23.9 Å². The van der Waals surface area contributed by atoms with Crippen molar-refractivity contribution in [1.29, 1.82) is 0 Å². The zero-order valence-electron chi connectivity index (χ0n) is 21.0. The van der Waals surface area contributed by atoms with Gasteiger partial charge in [-0.05, 0) is 92.9 Å². The van der Waals surface area contributed by atoms with E-state index in [-0.39, 0.29) is 0 Å². The van der Waals surface area contributed by atoms with Gasteiger partial charge in [-0.2, -0.15) is 0 Å². The molecule has 2 aromatic carbocycles. The van der Waals surface area contributed by atoms with Crippen LogP contribution in [0.2, 0.25) is 0 Å². The van der Waals surface area contributed by atoms with Gasteiger partial charge in [0.2, 0.25) is 0 Å². The summed E-state index contributed by atoms with van der Waals surface area (Å²) in [7, 11) is 0. The van der Waals surface area contributed by atoms with Crippen molar-refractivity contribution in [3.63, 3.8) is 0 Å². The maximum atomic E-state index is 6.06. The summed E-state index contributed by atoms with van der Waals surface area (Å²) in [6.07, 6.45) is 8.81. The van der Waals surface area contributed by atoms with Crippen LogP contribution in [0.25, 0.3) is 0 Å². The smallest absolute Gasteiger partial charge is 0.173 e. The lowest BCUT2D eigenvalue weighted by molar-refractivity contribution is 0.177. The molecule has 0 amide bonds. The Morgan fingerprint density at radius 2 is 1.91 bits per heavy atom. The topological polar surface area (TPSA) is 18.5 Å². The van der Waals surface area contributed by atoms with Gasteiger partial charge in [-0.15, -0.1) is 0 Å². The molecule has 1 saturated carbocycles. The first-order valence-corrected chi connectivity index (χ1v) is 13.4. The largest absolute Gasteiger partial charge is 0.371 e. The number of nitrogens with one attached hydrogen (secondary N) is 1. The quantitative estimate of drug-likeness (QED) is 0.455. The summed E-state index contributed by atoms with van der Waals surface area (Å²) in [6, 6.07) is 14.2. The van der Waals surface area contributed by atoms with Crippen molar-refractivity contribution in [3.8, 4) is 0 Å². The lowest BCUT2D eigenvalue weighted by atomic mass is 9.84. The van der Waals surface area contributed by atoms with Crippen LogP contribution in [0.5, 0.6) is 0 Å². The van der Waals surface area contributed by atoms with E-state index < -0.39 is 0 Å². The Kier molecular flexibility index (Phi) is 7.95. The summed E-state index contributed by atoms with van der Waals surface area (Å²) in [5.74, 6) is 0.662. The number of benzene rings is 2. The zero-order chi connectivity index (χ0) is 23.4. The molecular weight excluding hydrogens is 422 g/mol. The first-order valence-electron chi connectivity index (χ1n) is 13.0. The van der Waals surface area contributed by atoms with Gasteiger partial charge in [-0.3, -0.25) is 0 Å². The van der Waals surface area contributed by atoms with Crippen molar-refractivity contribution < 1.29 is 0 Å². The molecule has 1 heterocycles. The fourth-order valence-electron chi connectivity index (χ4n) is 5.77. The van der Waals surface area contributed by atoms with Crippen molar-refractivity contribution in [3.05, 3.63) is 58.7 Å². The third-order valence-electron chi connectivity index (χ3n) is 7.56. The first kappa shape index (κ1) is 24.1. The van der Waals surface area contributed by atoms with Crippen LogP contribution >= 0.6 is 12.2 Å². The molecule has 33 heavy (non-hydrogen) atoms. The van der Waals surface area contributed by atoms with Gasteiger partial charge < -0.3 is 15.1 Å². The second-order valence-electron chi connectivity index (χ2n) is 10.3. The van der Waals surface area contributed by atoms with Gasteiger partial charge in [0.1, 0.15) is 0 Å². The molecule has 1 N–H and O–H groups in total. The third-order valence-corrected chi connectivity index (χ3v) is 7.89. The minimum Gasteiger partial charge on any atom is -0.371 e. The van der Waals surface area contributed by atoms with E-state index in [1.54, 1.807) is 0 Å². The van der Waals surface area contributed by atoms with E-state index in [0.29, 0.717) is 12.0 Å². The van der Waals surface area contributed by atoms with E-state index in [9.17, 15) is 0 Å². The molecule has 0 unspecified atom stereocenters. The summed E-state index contributed by atoms with van der Waals surface area (Å²) in [4.78, 5) is 5.06. The molecule has 2 aliphatic rings. The van der Waals surface area contributed by atoms with Crippen molar-refractivity contribution >= 4 is 28.7 Å². The Hall–Kier alpha value is -2.07. The van der Waals surface area contributed by atoms with E-state index >= 15 is 0 Å². The summed E-state index contributed by atoms with van der Waals surface area (Å²) < 4.78 is 0. The van der Waals surface area contributed by atoms with Crippen LogP contribution in [0.15, 0.2) is 36.4 Å². The fraction of sp³-hybridized carbons (Fsp3) is 0.552. The number of nitrogens with zero attached hydrogens (tertiary/aromatic N) is 2. The lowest BCUT2D eigenvalue weighted by Crippen LogP contribution is -2.46. The summed E-state index contributed by atoms with van der Waals surface area (Å²) >= 11 is 6.06. The number of hydrogen-bond acceptors (Lipinski definition) is 2. The van der Waals surface area contributed by atoms with Crippen LogP contribution in [0, 0.1) is 19.8 Å². The molecule has 2 aromatic rings. The average molecular weight is 464 g/mol. The Balaban J connectivity index is 1.58. The van der Waals surface area contributed by atoms with Gasteiger partial charge in [-0.1, -0.05) is 56.5 Å². The molecule has 2 atom stereocenters. The number of hydrogen-bond donors (Lipinski definition) is 1. The van der Waals surface area contributed by atoms with E-state index in [4.69, 9.17) is 12.2 Å². The standard InChI is InChI=1S/C29H41N3S/c1-5-16-31-17-8-10-25-19-24(13-15-28(25)31)20-32(27-11-7-6-9-22(27)3)29(33)30-26-14-12-21(2)18-23(26)4/h12-15,18-19,22,27H,5-11,16-17,20H2,1-4H3,(H,30,33)/t22-,27+/m0/s1. The molecule has 0 radical (unpaired) electrons. The molecule has 3 nitrogen and oxygen atoms in total. The summed E-state index contributed by atoms with van der Waals surface area (Å²) in [5, 5.41) is 4.48. The molecule has 0 aromatic heterocycles. The molecule has 0 bridgehead atoms. The van der Waals surface area contributed by atoms with Crippen LogP contribution in [-0.4, -0.2) is 29.1 Å². The number of aryl methyl sites for hydroxylation is 3. The van der Waals surface area contributed by atoms with Gasteiger partial charge in [0.15, 0.2) is 5.11 Å². The van der Waals surface area contributed by atoms with Crippen molar-refractivity contribution in [2.75, 3.05) is 23.3 Å². The molecule has 0 saturated heterocycles. The van der Waals surface area contributed by atoms with Crippen LogP contribution in [0.4, 0.5) is 11.4 Å². The molecule has 4 heteroatoms. The summed E-state index contributed by atoms with van der Waals surface area (Å²) in [6.45, 7) is 12.2. The third kappa shape index (κ3) is 5.71. The first-order chi connectivity index (χ1) is 16.0. The minimum atomic E-state index is 0.497. The number of fused-ring (bicyclic) bond motifs is 1. The highest BCUT2D eigenvalue weighted by Crippen LogP contribution is 2.32. The molecule has 1 fully saturated rings. The second-order valence-corrected chi connectivity index (χ2v) is 10.6. The maximum Gasteiger partial charge on any atom is 0.173 e. The SMILES string of the molecule is CCCN1CCCc2cc(CN(C(=S)Nc3ccc(C)cc3C)[C@@H]3CCCC[C@@H]3C)ccc21. The van der Waals surface area contributed by atoms with Gasteiger partial charge >= 0.3 is 0 Å². The van der Waals surface area contributed by atoms with Crippen molar-refractivity contribution in [2.45, 2.75) is 85.2 Å². The minimum absolute atomic E-state index is 0.497. The molecule has 1 aliphatic heterocycles. The molecular formula is C29H41N3S. The number of thiocarbonyl (C=S) groups is 1. The van der Waals surface area contributed by atoms with Crippen molar-refractivity contribution in [2.24, 2.45) is 5.92 Å². The van der Waals surface area contributed by atoms with Crippen LogP contribution < -0.4 is 10.2 Å². The number of anilines is 2. The average Bonchev–Trinajstić information content (AvgIpc) is 2.80. The molecule has 0 spiro atoms. The predicted octanol–water partition coefficient (Wildman–Crippen LogP) is 7.24. The van der Waals surface area contributed by atoms with Gasteiger partial charge in [-0.25, -0.2) is 0 Å². The number of rotatable bonds is 6. The molecule has 4 rings (SSSR count). The zero-order valence-corrected chi connectivity index (χ0v) is 21.8. The lowest BCUT2D eigenvalue weighted by Gasteiger charge is -2.40. The normalized spacial score (nSPS) is 20.3. The van der Waals surface area contributed by atoms with Crippen LogP contribution in [0.1, 0.15) is 74.6 Å². The highest BCUT2D eigenvalue weighted by molar-refractivity contribution is 7.80. The maximum absolute atomic E-state index is 6.06. The van der Waals surface area contributed by atoms with E-state index in [1.807, 2.05) is 0 Å². The summed E-state index contributed by atoms with van der Waals surface area (Å²) in [5.41, 5.74) is 8.00. The molecule has 178 valence electrons. The van der Waals surface area contributed by atoms with E-state index in [1.165, 1.54) is 79.4 Å². The van der Waals surface area contributed by atoms with Crippen molar-refractivity contribution in [1.82, 2.24) is 4.90 Å². The van der Waals surface area contributed by atoms with Gasteiger partial charge in [0.05, 0.1) is 0 Å². The second kappa shape index (κ2) is 10.9.